The molecule has 8 heteroatoms. The van der Waals surface area contributed by atoms with Crippen molar-refractivity contribution in [1.29, 1.82) is 0 Å². The number of pyridine rings is 2. The van der Waals surface area contributed by atoms with Crippen LogP contribution in [0.1, 0.15) is 12.8 Å². The fraction of sp³-hybridized carbons (Fsp3) is 0.250. The molecule has 4 aromatic rings. The Balaban J connectivity index is 0.000000336. The quantitative estimate of drug-likeness (QED) is 0.471. The van der Waals surface area contributed by atoms with Crippen LogP contribution in [0.2, 0.25) is 0 Å². The van der Waals surface area contributed by atoms with Gasteiger partial charge in [-0.05, 0) is 50.2 Å². The van der Waals surface area contributed by atoms with Gasteiger partial charge in [-0.3, -0.25) is 9.48 Å². The molecule has 7 nitrogen and oxygen atoms in total. The van der Waals surface area contributed by atoms with Crippen LogP contribution < -0.4 is 10.9 Å². The normalized spacial score (nSPS) is 13.6. The van der Waals surface area contributed by atoms with E-state index in [0.29, 0.717) is 22.0 Å². The lowest BCUT2D eigenvalue weighted by Crippen LogP contribution is -2.05. The number of aromatic nitrogens is 4. The van der Waals surface area contributed by atoms with Crippen LogP contribution in [0.5, 0.6) is 5.75 Å². The number of hydrogen-bond donors (Lipinski definition) is 3. The molecule has 3 N–H and O–H groups in total. The van der Waals surface area contributed by atoms with Gasteiger partial charge >= 0.3 is 0 Å². The summed E-state index contributed by atoms with van der Waals surface area (Å²) in [7, 11) is 1.68. The van der Waals surface area contributed by atoms with Crippen molar-refractivity contribution < 1.29 is 9.50 Å². The second-order valence-electron chi connectivity index (χ2n) is 6.72. The molecular weight excluding hydrogens is 361 g/mol. The topological polar surface area (TPSA) is 95.8 Å². The minimum absolute atomic E-state index is 0.103. The van der Waals surface area contributed by atoms with Gasteiger partial charge in [0.1, 0.15) is 5.52 Å². The van der Waals surface area contributed by atoms with Gasteiger partial charge in [0.25, 0.3) is 5.56 Å². The zero-order valence-corrected chi connectivity index (χ0v) is 15.4. The van der Waals surface area contributed by atoms with Crippen molar-refractivity contribution in [2.75, 3.05) is 13.1 Å². The molecule has 0 saturated carbocycles. The standard InChI is InChI=1S/C16H11FN4O2.C4H9N/c1-21-7-8-6-10(15(22)13(17)14(8)20-21)11-3-2-9-12(19-11)4-5-18-16(9)23;1-2-4-5-3-1/h2-7,22H,1H3,(H,18,23);5H,1-4H2. The summed E-state index contributed by atoms with van der Waals surface area (Å²) < 4.78 is 15.8. The number of H-pyrrole nitrogens is 1. The van der Waals surface area contributed by atoms with Crippen molar-refractivity contribution in [1.82, 2.24) is 25.1 Å². The summed E-state index contributed by atoms with van der Waals surface area (Å²) >= 11 is 0. The number of hydrogen-bond acceptors (Lipinski definition) is 5. The van der Waals surface area contributed by atoms with Gasteiger partial charge in [-0.25, -0.2) is 9.37 Å². The van der Waals surface area contributed by atoms with Crippen molar-refractivity contribution in [3.8, 4) is 17.0 Å². The smallest absolute Gasteiger partial charge is 0.257 e. The van der Waals surface area contributed by atoms with Crippen LogP contribution >= 0.6 is 0 Å². The van der Waals surface area contributed by atoms with E-state index in [1.165, 1.54) is 36.8 Å². The van der Waals surface area contributed by atoms with Gasteiger partial charge in [0.05, 0.1) is 16.6 Å². The monoisotopic (exact) mass is 381 g/mol. The number of nitrogens with zero attached hydrogens (tertiary/aromatic N) is 3. The number of rotatable bonds is 1. The highest BCUT2D eigenvalue weighted by Crippen LogP contribution is 2.35. The second kappa shape index (κ2) is 7.40. The van der Waals surface area contributed by atoms with Crippen LogP contribution in [0.3, 0.4) is 0 Å². The highest BCUT2D eigenvalue weighted by atomic mass is 19.1. The minimum atomic E-state index is -0.786. The Morgan fingerprint density at radius 3 is 2.71 bits per heavy atom. The van der Waals surface area contributed by atoms with Crippen LogP contribution in [0.4, 0.5) is 4.39 Å². The Kier molecular flexibility index (Phi) is 4.79. The molecule has 1 aliphatic rings. The molecule has 144 valence electrons. The van der Waals surface area contributed by atoms with Crippen molar-refractivity contribution in [2.45, 2.75) is 12.8 Å². The summed E-state index contributed by atoms with van der Waals surface area (Å²) in [5, 5.41) is 18.4. The van der Waals surface area contributed by atoms with Crippen molar-refractivity contribution in [3.05, 3.63) is 52.8 Å². The minimum Gasteiger partial charge on any atom is -0.504 e. The summed E-state index contributed by atoms with van der Waals surface area (Å²) in [6.45, 7) is 2.50. The van der Waals surface area contributed by atoms with Gasteiger partial charge in [0.15, 0.2) is 11.6 Å². The predicted molar refractivity (Wildman–Crippen MR) is 106 cm³/mol. The molecule has 0 spiro atoms. The van der Waals surface area contributed by atoms with Gasteiger partial charge in [-0.15, -0.1) is 0 Å². The molecule has 0 bridgehead atoms. The lowest BCUT2D eigenvalue weighted by atomic mass is 10.1. The van der Waals surface area contributed by atoms with Gasteiger partial charge in [0.2, 0.25) is 0 Å². The van der Waals surface area contributed by atoms with E-state index in [9.17, 15) is 14.3 Å². The van der Waals surface area contributed by atoms with Crippen LogP contribution in [-0.2, 0) is 7.05 Å². The Morgan fingerprint density at radius 2 is 2.00 bits per heavy atom. The largest absolute Gasteiger partial charge is 0.504 e. The Morgan fingerprint density at radius 1 is 1.21 bits per heavy atom. The molecule has 0 aliphatic carbocycles. The summed E-state index contributed by atoms with van der Waals surface area (Å²) in [4.78, 5) is 18.6. The highest BCUT2D eigenvalue weighted by molar-refractivity contribution is 5.89. The molecule has 1 saturated heterocycles. The summed E-state index contributed by atoms with van der Waals surface area (Å²) in [6, 6.07) is 6.45. The van der Waals surface area contributed by atoms with E-state index in [1.807, 2.05) is 0 Å². The van der Waals surface area contributed by atoms with Gasteiger partial charge in [-0.1, -0.05) is 0 Å². The van der Waals surface area contributed by atoms with Gasteiger partial charge < -0.3 is 15.4 Å². The van der Waals surface area contributed by atoms with Crippen LogP contribution in [0.15, 0.2) is 41.5 Å². The van der Waals surface area contributed by atoms with E-state index in [2.05, 4.69) is 20.4 Å². The molecule has 0 atom stereocenters. The molecule has 0 radical (unpaired) electrons. The zero-order valence-electron chi connectivity index (χ0n) is 15.4. The van der Waals surface area contributed by atoms with Gasteiger partial charge in [-0.2, -0.15) is 5.10 Å². The number of aryl methyl sites for hydroxylation is 1. The van der Waals surface area contributed by atoms with Crippen LogP contribution in [0, 0.1) is 5.82 Å². The molecule has 4 heterocycles. The molecule has 1 fully saturated rings. The highest BCUT2D eigenvalue weighted by Gasteiger charge is 2.17. The van der Waals surface area contributed by atoms with E-state index in [1.54, 1.807) is 37.5 Å². The van der Waals surface area contributed by atoms with E-state index >= 15 is 0 Å². The van der Waals surface area contributed by atoms with Crippen molar-refractivity contribution in [3.63, 3.8) is 0 Å². The Labute approximate surface area is 159 Å². The third-order valence-electron chi connectivity index (χ3n) is 4.69. The van der Waals surface area contributed by atoms with E-state index < -0.39 is 11.6 Å². The van der Waals surface area contributed by atoms with Gasteiger partial charge in [0, 0.05) is 30.4 Å². The number of aromatic amines is 1. The lowest BCUT2D eigenvalue weighted by Gasteiger charge is -2.06. The SMILES string of the molecule is C1CCNC1.Cn1cc2cc(-c3ccc4c(=O)[nH]ccc4n3)c(O)c(F)c2n1. The second-order valence-corrected chi connectivity index (χ2v) is 6.72. The molecule has 0 amide bonds. The molecular formula is C20H20FN5O2. The number of fused-ring (bicyclic) bond motifs is 2. The number of phenolic OH excluding ortho intramolecular Hbond substituents is 1. The maximum atomic E-state index is 14.3. The third-order valence-corrected chi connectivity index (χ3v) is 4.69. The molecule has 3 aromatic heterocycles. The molecule has 5 rings (SSSR count). The van der Waals surface area contributed by atoms with Crippen molar-refractivity contribution >= 4 is 21.8 Å². The number of benzene rings is 1. The first kappa shape index (κ1) is 18.1. The maximum Gasteiger partial charge on any atom is 0.257 e. The summed E-state index contributed by atoms with van der Waals surface area (Å²) in [5.41, 5.74) is 0.957. The number of halogens is 1. The predicted octanol–water partition coefficient (Wildman–Crippen LogP) is 2.69. The average Bonchev–Trinajstić information content (AvgIpc) is 3.37. The molecule has 1 aromatic carbocycles. The molecule has 0 unspecified atom stereocenters. The number of nitrogens with one attached hydrogen (secondary N) is 2. The molecule has 28 heavy (non-hydrogen) atoms. The fourth-order valence-corrected chi connectivity index (χ4v) is 3.28. The van der Waals surface area contributed by atoms with E-state index in [-0.39, 0.29) is 16.6 Å². The first-order chi connectivity index (χ1) is 13.5. The van der Waals surface area contributed by atoms with E-state index in [0.717, 1.165) is 0 Å². The number of phenols is 1. The fourth-order valence-electron chi connectivity index (χ4n) is 3.28. The number of aromatic hydroxyl groups is 1. The zero-order chi connectivity index (χ0) is 19.7. The van der Waals surface area contributed by atoms with Crippen LogP contribution in [0.25, 0.3) is 33.1 Å². The summed E-state index contributed by atoms with van der Waals surface area (Å²) in [5.74, 6) is -1.29. The Hall–Kier alpha value is -3.26. The van der Waals surface area contributed by atoms with Crippen LogP contribution in [-0.4, -0.2) is 37.9 Å². The third kappa shape index (κ3) is 3.34. The van der Waals surface area contributed by atoms with E-state index in [4.69, 9.17) is 0 Å². The average molecular weight is 381 g/mol. The van der Waals surface area contributed by atoms with Crippen molar-refractivity contribution in [2.24, 2.45) is 7.05 Å². The first-order valence-corrected chi connectivity index (χ1v) is 9.09. The molecule has 1 aliphatic heterocycles. The summed E-state index contributed by atoms with van der Waals surface area (Å²) in [6.07, 6.45) is 5.93. The maximum absolute atomic E-state index is 14.3. The lowest BCUT2D eigenvalue weighted by molar-refractivity contribution is 0.437. The first-order valence-electron chi connectivity index (χ1n) is 9.09. The Bertz CT molecular complexity index is 1200.